The quantitative estimate of drug-likeness (QED) is 0.762. The molecule has 2 rings (SSSR count). The summed E-state index contributed by atoms with van der Waals surface area (Å²) in [6.45, 7) is 0.164. The summed E-state index contributed by atoms with van der Waals surface area (Å²) in [7, 11) is 0. The van der Waals surface area contributed by atoms with Gasteiger partial charge in [0.15, 0.2) is 0 Å². The van der Waals surface area contributed by atoms with Gasteiger partial charge in [0.05, 0.1) is 13.0 Å². The van der Waals surface area contributed by atoms with Crippen molar-refractivity contribution in [2.75, 3.05) is 17.7 Å². The van der Waals surface area contributed by atoms with Gasteiger partial charge in [-0.2, -0.15) is 11.8 Å². The Morgan fingerprint density at radius 3 is 2.91 bits per heavy atom. The molecular formula is C16H17ClN2O2S. The second-order valence-corrected chi connectivity index (χ2v) is 6.15. The first-order valence-electron chi connectivity index (χ1n) is 6.86. The van der Waals surface area contributed by atoms with Gasteiger partial charge in [-0.05, 0) is 29.3 Å². The van der Waals surface area contributed by atoms with Gasteiger partial charge >= 0.3 is 0 Å². The SMILES string of the molecule is O=C(Cc1ccccc1Cl)Nc1cc(CSCCO)ccn1. The maximum Gasteiger partial charge on any atom is 0.230 e. The van der Waals surface area contributed by atoms with Gasteiger partial charge in [0.1, 0.15) is 5.82 Å². The molecule has 0 saturated carbocycles. The zero-order chi connectivity index (χ0) is 15.8. The summed E-state index contributed by atoms with van der Waals surface area (Å²) in [5.41, 5.74) is 1.85. The number of hydrogen-bond donors (Lipinski definition) is 2. The van der Waals surface area contributed by atoms with Crippen LogP contribution in [-0.2, 0) is 17.0 Å². The minimum absolute atomic E-state index is 0.152. The highest BCUT2D eigenvalue weighted by Crippen LogP contribution is 2.17. The molecule has 1 aromatic heterocycles. The van der Waals surface area contributed by atoms with Crippen LogP contribution in [0.4, 0.5) is 5.82 Å². The smallest absolute Gasteiger partial charge is 0.230 e. The largest absolute Gasteiger partial charge is 0.396 e. The van der Waals surface area contributed by atoms with Gasteiger partial charge in [-0.15, -0.1) is 0 Å². The Hall–Kier alpha value is -1.56. The predicted octanol–water partition coefficient (Wildman–Crippen LogP) is 3.14. The van der Waals surface area contributed by atoms with Crippen LogP contribution in [0.25, 0.3) is 0 Å². The van der Waals surface area contributed by atoms with Crippen LogP contribution < -0.4 is 5.32 Å². The van der Waals surface area contributed by atoms with Crippen molar-refractivity contribution in [2.24, 2.45) is 0 Å². The summed E-state index contributed by atoms with van der Waals surface area (Å²) in [5, 5.41) is 12.1. The van der Waals surface area contributed by atoms with Crippen LogP contribution in [0.3, 0.4) is 0 Å². The van der Waals surface area contributed by atoms with E-state index in [1.54, 1.807) is 24.0 Å². The molecule has 0 bridgehead atoms. The first kappa shape index (κ1) is 16.8. The summed E-state index contributed by atoms with van der Waals surface area (Å²) < 4.78 is 0. The summed E-state index contributed by atoms with van der Waals surface area (Å²) in [4.78, 5) is 16.2. The third kappa shape index (κ3) is 5.33. The maximum absolute atomic E-state index is 12.1. The number of halogens is 1. The molecule has 2 aromatic rings. The molecule has 4 nitrogen and oxygen atoms in total. The number of benzene rings is 1. The summed E-state index contributed by atoms with van der Waals surface area (Å²) in [6, 6.07) is 11.0. The molecule has 0 radical (unpaired) electrons. The molecule has 0 aliphatic carbocycles. The van der Waals surface area contributed by atoms with E-state index in [4.69, 9.17) is 16.7 Å². The molecule has 22 heavy (non-hydrogen) atoms. The number of nitrogens with zero attached hydrogens (tertiary/aromatic N) is 1. The molecule has 116 valence electrons. The van der Waals surface area contributed by atoms with Gasteiger partial charge in [0.25, 0.3) is 0 Å². The third-order valence-corrected chi connectivity index (χ3v) is 4.28. The van der Waals surface area contributed by atoms with Crippen LogP contribution in [0.15, 0.2) is 42.6 Å². The number of rotatable bonds is 7. The Morgan fingerprint density at radius 1 is 1.32 bits per heavy atom. The van der Waals surface area contributed by atoms with Gasteiger partial charge in [0.2, 0.25) is 5.91 Å². The van der Waals surface area contributed by atoms with E-state index in [2.05, 4.69) is 10.3 Å². The van der Waals surface area contributed by atoms with Gasteiger partial charge < -0.3 is 10.4 Å². The van der Waals surface area contributed by atoms with Gasteiger partial charge in [-0.3, -0.25) is 4.79 Å². The van der Waals surface area contributed by atoms with E-state index in [-0.39, 0.29) is 18.9 Å². The molecule has 0 fully saturated rings. The third-order valence-electron chi connectivity index (χ3n) is 2.91. The van der Waals surface area contributed by atoms with Crippen LogP contribution in [0, 0.1) is 0 Å². The fraction of sp³-hybridized carbons (Fsp3) is 0.250. The average Bonchev–Trinajstić information content (AvgIpc) is 2.50. The minimum atomic E-state index is -0.152. The fourth-order valence-electron chi connectivity index (χ4n) is 1.89. The second kappa shape index (κ2) is 8.78. The molecule has 2 N–H and O–H groups in total. The molecule has 1 aromatic carbocycles. The lowest BCUT2D eigenvalue weighted by molar-refractivity contribution is -0.115. The number of amides is 1. The van der Waals surface area contributed by atoms with Crippen molar-refractivity contribution in [3.63, 3.8) is 0 Å². The van der Waals surface area contributed by atoms with E-state index < -0.39 is 0 Å². The van der Waals surface area contributed by atoms with E-state index in [0.717, 1.165) is 16.9 Å². The number of aliphatic hydroxyl groups excluding tert-OH is 1. The van der Waals surface area contributed by atoms with Crippen molar-refractivity contribution in [3.8, 4) is 0 Å². The van der Waals surface area contributed by atoms with Crippen LogP contribution in [0.5, 0.6) is 0 Å². The molecular weight excluding hydrogens is 320 g/mol. The summed E-state index contributed by atoms with van der Waals surface area (Å²) in [6.07, 6.45) is 1.88. The van der Waals surface area contributed by atoms with Crippen molar-refractivity contribution in [2.45, 2.75) is 12.2 Å². The highest BCUT2D eigenvalue weighted by Gasteiger charge is 2.08. The maximum atomic E-state index is 12.1. The van der Waals surface area contributed by atoms with E-state index in [0.29, 0.717) is 16.6 Å². The topological polar surface area (TPSA) is 62.2 Å². The number of hydrogen-bond acceptors (Lipinski definition) is 4. The lowest BCUT2D eigenvalue weighted by Crippen LogP contribution is -2.15. The lowest BCUT2D eigenvalue weighted by atomic mass is 10.1. The number of aliphatic hydroxyl groups is 1. The van der Waals surface area contributed by atoms with E-state index in [1.165, 1.54) is 0 Å². The van der Waals surface area contributed by atoms with E-state index >= 15 is 0 Å². The molecule has 0 aliphatic heterocycles. The molecule has 1 amide bonds. The average molecular weight is 337 g/mol. The molecule has 0 unspecified atom stereocenters. The Bertz CT molecular complexity index is 637. The number of anilines is 1. The minimum Gasteiger partial charge on any atom is -0.396 e. The standard InChI is InChI=1S/C16H17ClN2O2S/c17-14-4-2-1-3-13(14)10-16(21)19-15-9-12(5-6-18-15)11-22-8-7-20/h1-6,9,20H,7-8,10-11H2,(H,18,19,21). The monoisotopic (exact) mass is 336 g/mol. The molecule has 0 spiro atoms. The highest BCUT2D eigenvalue weighted by molar-refractivity contribution is 7.98. The van der Waals surface area contributed by atoms with Crippen LogP contribution >= 0.6 is 23.4 Å². The van der Waals surface area contributed by atoms with Crippen LogP contribution in [0.1, 0.15) is 11.1 Å². The van der Waals surface area contributed by atoms with Crippen molar-refractivity contribution in [1.29, 1.82) is 0 Å². The van der Waals surface area contributed by atoms with Crippen LogP contribution in [-0.4, -0.2) is 28.4 Å². The van der Waals surface area contributed by atoms with Crippen molar-refractivity contribution >= 4 is 35.1 Å². The number of carbonyl (C=O) groups is 1. The molecule has 0 saturated heterocycles. The van der Waals surface area contributed by atoms with Crippen molar-refractivity contribution in [3.05, 3.63) is 58.7 Å². The normalized spacial score (nSPS) is 10.5. The van der Waals surface area contributed by atoms with Gasteiger partial charge in [0, 0.05) is 22.7 Å². The number of carbonyl (C=O) groups excluding carboxylic acids is 1. The fourth-order valence-corrected chi connectivity index (χ4v) is 2.78. The first-order valence-corrected chi connectivity index (χ1v) is 8.39. The number of nitrogens with one attached hydrogen (secondary N) is 1. The Balaban J connectivity index is 1.94. The highest BCUT2D eigenvalue weighted by atomic mass is 35.5. The van der Waals surface area contributed by atoms with Crippen molar-refractivity contribution < 1.29 is 9.90 Å². The van der Waals surface area contributed by atoms with E-state index in [9.17, 15) is 4.79 Å². The zero-order valence-electron chi connectivity index (χ0n) is 12.0. The lowest BCUT2D eigenvalue weighted by Gasteiger charge is -2.07. The summed E-state index contributed by atoms with van der Waals surface area (Å²) in [5.74, 6) is 1.84. The molecule has 0 atom stereocenters. The predicted molar refractivity (Wildman–Crippen MR) is 91.3 cm³/mol. The number of aromatic nitrogens is 1. The number of thioether (sulfide) groups is 1. The second-order valence-electron chi connectivity index (χ2n) is 4.64. The van der Waals surface area contributed by atoms with Gasteiger partial charge in [-0.25, -0.2) is 4.98 Å². The Morgan fingerprint density at radius 2 is 2.14 bits per heavy atom. The first-order chi connectivity index (χ1) is 10.7. The Labute approximate surface area is 138 Å². The van der Waals surface area contributed by atoms with Gasteiger partial charge in [-0.1, -0.05) is 29.8 Å². The van der Waals surface area contributed by atoms with E-state index in [1.807, 2.05) is 30.3 Å². The number of pyridine rings is 1. The Kier molecular flexibility index (Phi) is 6.71. The van der Waals surface area contributed by atoms with Crippen LogP contribution in [0.2, 0.25) is 5.02 Å². The molecule has 1 heterocycles. The zero-order valence-corrected chi connectivity index (χ0v) is 13.5. The molecule has 6 heteroatoms. The summed E-state index contributed by atoms with van der Waals surface area (Å²) >= 11 is 7.68. The molecule has 0 aliphatic rings. The van der Waals surface area contributed by atoms with Crippen molar-refractivity contribution in [1.82, 2.24) is 4.98 Å².